The number of phenols is 1. The number of carbonyl (C=O) groups is 2. The van der Waals surface area contributed by atoms with Gasteiger partial charge in [0, 0.05) is 38.7 Å². The first-order valence-corrected chi connectivity index (χ1v) is 9.32. The van der Waals surface area contributed by atoms with Crippen LogP contribution in [0, 0.1) is 13.8 Å². The van der Waals surface area contributed by atoms with Crippen LogP contribution in [0.3, 0.4) is 0 Å². The monoisotopic (exact) mass is 366 g/mol. The van der Waals surface area contributed by atoms with Crippen molar-refractivity contribution in [3.63, 3.8) is 0 Å². The van der Waals surface area contributed by atoms with Crippen molar-refractivity contribution in [2.45, 2.75) is 27.2 Å². The van der Waals surface area contributed by atoms with Gasteiger partial charge < -0.3 is 14.9 Å². The predicted molar refractivity (Wildman–Crippen MR) is 106 cm³/mol. The van der Waals surface area contributed by atoms with Gasteiger partial charge in [-0.3, -0.25) is 9.59 Å². The maximum absolute atomic E-state index is 13.0. The molecule has 5 nitrogen and oxygen atoms in total. The standard InChI is InChI=1S/C22H26N2O3/c1-15-12-20(13-16(2)21(15)26)18-6-4-7-19(14-18)22(27)24-9-5-8-23(10-11-24)17(3)25/h4,6-7,12-14,26H,5,8-11H2,1-3H3. The van der Waals surface area contributed by atoms with Gasteiger partial charge in [-0.15, -0.1) is 0 Å². The Hall–Kier alpha value is -2.82. The minimum absolute atomic E-state index is 0.00512. The lowest BCUT2D eigenvalue weighted by atomic mass is 9.98. The van der Waals surface area contributed by atoms with E-state index in [-0.39, 0.29) is 11.8 Å². The van der Waals surface area contributed by atoms with Crippen LogP contribution in [0.4, 0.5) is 0 Å². The normalized spacial score (nSPS) is 14.8. The second-order valence-corrected chi connectivity index (χ2v) is 7.19. The van der Waals surface area contributed by atoms with E-state index in [9.17, 15) is 14.7 Å². The van der Waals surface area contributed by atoms with Crippen molar-refractivity contribution in [1.29, 1.82) is 0 Å². The molecule has 1 heterocycles. The molecule has 0 radical (unpaired) electrons. The molecule has 2 aromatic carbocycles. The number of nitrogens with zero attached hydrogens (tertiary/aromatic N) is 2. The highest BCUT2D eigenvalue weighted by molar-refractivity contribution is 5.95. The molecule has 1 saturated heterocycles. The largest absolute Gasteiger partial charge is 0.507 e. The molecule has 0 bridgehead atoms. The van der Waals surface area contributed by atoms with Gasteiger partial charge >= 0.3 is 0 Å². The first-order chi connectivity index (χ1) is 12.9. The highest BCUT2D eigenvalue weighted by Crippen LogP contribution is 2.29. The van der Waals surface area contributed by atoms with Crippen LogP contribution in [-0.2, 0) is 4.79 Å². The fraction of sp³-hybridized carbons (Fsp3) is 0.364. The van der Waals surface area contributed by atoms with E-state index in [1.54, 1.807) is 11.8 Å². The van der Waals surface area contributed by atoms with Crippen LogP contribution in [0.1, 0.15) is 34.8 Å². The third kappa shape index (κ3) is 4.13. The minimum atomic E-state index is -0.00512. The molecule has 0 atom stereocenters. The molecule has 2 amide bonds. The van der Waals surface area contributed by atoms with Crippen molar-refractivity contribution in [3.8, 4) is 16.9 Å². The van der Waals surface area contributed by atoms with Gasteiger partial charge in [0.15, 0.2) is 0 Å². The summed E-state index contributed by atoms with van der Waals surface area (Å²) < 4.78 is 0. The average Bonchev–Trinajstić information content (AvgIpc) is 2.91. The number of carbonyl (C=O) groups excluding carboxylic acids is 2. The highest BCUT2D eigenvalue weighted by Gasteiger charge is 2.21. The number of aromatic hydroxyl groups is 1. The van der Waals surface area contributed by atoms with E-state index in [1.165, 1.54) is 0 Å². The van der Waals surface area contributed by atoms with Crippen LogP contribution in [0.2, 0.25) is 0 Å². The predicted octanol–water partition coefficient (Wildman–Crippen LogP) is 3.37. The number of phenolic OH excluding ortho intramolecular Hbond substituents is 1. The molecular weight excluding hydrogens is 340 g/mol. The zero-order chi connectivity index (χ0) is 19.6. The van der Waals surface area contributed by atoms with Gasteiger partial charge in [-0.05, 0) is 66.8 Å². The summed E-state index contributed by atoms with van der Waals surface area (Å²) in [6.45, 7) is 7.81. The number of aryl methyl sites for hydroxylation is 2. The number of hydrogen-bond donors (Lipinski definition) is 1. The van der Waals surface area contributed by atoms with Crippen LogP contribution < -0.4 is 0 Å². The first kappa shape index (κ1) is 19.0. The Labute approximate surface area is 160 Å². The Balaban J connectivity index is 1.83. The molecular formula is C22H26N2O3. The van der Waals surface area contributed by atoms with E-state index in [0.29, 0.717) is 37.5 Å². The third-order valence-electron chi connectivity index (χ3n) is 5.16. The maximum atomic E-state index is 13.0. The topological polar surface area (TPSA) is 60.9 Å². The van der Waals surface area contributed by atoms with Gasteiger partial charge in [0.05, 0.1) is 0 Å². The molecule has 0 saturated carbocycles. The number of benzene rings is 2. The molecule has 27 heavy (non-hydrogen) atoms. The molecule has 3 rings (SSSR count). The fourth-order valence-electron chi connectivity index (χ4n) is 3.57. The van der Waals surface area contributed by atoms with Gasteiger partial charge in [-0.25, -0.2) is 0 Å². The SMILES string of the molecule is CC(=O)N1CCCN(C(=O)c2cccc(-c3cc(C)c(O)c(C)c3)c2)CC1. The summed E-state index contributed by atoms with van der Waals surface area (Å²) in [6.07, 6.45) is 0.793. The van der Waals surface area contributed by atoms with E-state index in [1.807, 2.05) is 55.1 Å². The Kier molecular flexibility index (Phi) is 5.49. The molecule has 0 aliphatic carbocycles. The van der Waals surface area contributed by atoms with Crippen LogP contribution in [-0.4, -0.2) is 52.9 Å². The number of amides is 2. The summed E-state index contributed by atoms with van der Waals surface area (Å²) in [5.41, 5.74) is 4.22. The van der Waals surface area contributed by atoms with Crippen LogP contribution in [0.15, 0.2) is 36.4 Å². The Bertz CT molecular complexity index is 853. The highest BCUT2D eigenvalue weighted by atomic mass is 16.3. The van der Waals surface area contributed by atoms with Crippen molar-refractivity contribution >= 4 is 11.8 Å². The summed E-state index contributed by atoms with van der Waals surface area (Å²) in [5.74, 6) is 0.365. The smallest absolute Gasteiger partial charge is 0.253 e. The molecule has 5 heteroatoms. The number of rotatable bonds is 2. The van der Waals surface area contributed by atoms with E-state index in [2.05, 4.69) is 0 Å². The Morgan fingerprint density at radius 2 is 1.52 bits per heavy atom. The van der Waals surface area contributed by atoms with Gasteiger partial charge in [-0.2, -0.15) is 0 Å². The van der Waals surface area contributed by atoms with Gasteiger partial charge in [-0.1, -0.05) is 12.1 Å². The molecule has 0 spiro atoms. The van der Waals surface area contributed by atoms with Crippen LogP contribution >= 0.6 is 0 Å². The number of hydrogen-bond acceptors (Lipinski definition) is 3. The summed E-state index contributed by atoms with van der Waals surface area (Å²) in [6, 6.07) is 11.5. The molecule has 0 unspecified atom stereocenters. The second kappa shape index (κ2) is 7.82. The lowest BCUT2D eigenvalue weighted by molar-refractivity contribution is -0.128. The Morgan fingerprint density at radius 1 is 0.889 bits per heavy atom. The van der Waals surface area contributed by atoms with Crippen molar-refractivity contribution < 1.29 is 14.7 Å². The molecule has 2 aromatic rings. The zero-order valence-corrected chi connectivity index (χ0v) is 16.2. The van der Waals surface area contributed by atoms with E-state index in [4.69, 9.17) is 0 Å². The van der Waals surface area contributed by atoms with Gasteiger partial charge in [0.25, 0.3) is 5.91 Å². The lowest BCUT2D eigenvalue weighted by Gasteiger charge is -2.21. The molecule has 0 aromatic heterocycles. The summed E-state index contributed by atoms with van der Waals surface area (Å²) in [5, 5.41) is 9.99. The Morgan fingerprint density at radius 3 is 2.19 bits per heavy atom. The lowest BCUT2D eigenvalue weighted by Crippen LogP contribution is -2.36. The summed E-state index contributed by atoms with van der Waals surface area (Å²) in [7, 11) is 0. The van der Waals surface area contributed by atoms with E-state index >= 15 is 0 Å². The third-order valence-corrected chi connectivity index (χ3v) is 5.16. The van der Waals surface area contributed by atoms with Crippen LogP contribution in [0.25, 0.3) is 11.1 Å². The molecule has 1 aliphatic rings. The first-order valence-electron chi connectivity index (χ1n) is 9.32. The van der Waals surface area contributed by atoms with Crippen molar-refractivity contribution in [3.05, 3.63) is 53.1 Å². The quantitative estimate of drug-likeness (QED) is 0.886. The van der Waals surface area contributed by atoms with Crippen molar-refractivity contribution in [2.75, 3.05) is 26.2 Å². The second-order valence-electron chi connectivity index (χ2n) is 7.19. The maximum Gasteiger partial charge on any atom is 0.253 e. The fourth-order valence-corrected chi connectivity index (χ4v) is 3.57. The summed E-state index contributed by atoms with van der Waals surface area (Å²) >= 11 is 0. The molecule has 1 aliphatic heterocycles. The van der Waals surface area contributed by atoms with Gasteiger partial charge in [0.1, 0.15) is 5.75 Å². The molecule has 142 valence electrons. The van der Waals surface area contributed by atoms with Gasteiger partial charge in [0.2, 0.25) is 5.91 Å². The zero-order valence-electron chi connectivity index (χ0n) is 16.2. The van der Waals surface area contributed by atoms with Crippen molar-refractivity contribution in [2.24, 2.45) is 0 Å². The van der Waals surface area contributed by atoms with Crippen molar-refractivity contribution in [1.82, 2.24) is 9.80 Å². The average molecular weight is 366 g/mol. The summed E-state index contributed by atoms with van der Waals surface area (Å²) in [4.78, 5) is 28.2. The molecule has 1 fully saturated rings. The van der Waals surface area contributed by atoms with E-state index in [0.717, 1.165) is 28.7 Å². The van der Waals surface area contributed by atoms with Crippen LogP contribution in [0.5, 0.6) is 5.75 Å². The van der Waals surface area contributed by atoms with E-state index < -0.39 is 0 Å². The minimum Gasteiger partial charge on any atom is -0.507 e. The molecule has 1 N–H and O–H groups in total.